The fraction of sp³-hybridized carbons (Fsp3) is 0.267. The van der Waals surface area contributed by atoms with Gasteiger partial charge in [-0.05, 0) is 37.1 Å². The molecule has 17 heavy (non-hydrogen) atoms. The van der Waals surface area contributed by atoms with Crippen molar-refractivity contribution in [3.63, 3.8) is 0 Å². The van der Waals surface area contributed by atoms with E-state index in [1.54, 1.807) is 0 Å². The molecule has 0 bridgehead atoms. The van der Waals surface area contributed by atoms with Crippen molar-refractivity contribution in [2.45, 2.75) is 26.2 Å². The summed E-state index contributed by atoms with van der Waals surface area (Å²) in [5.41, 5.74) is 4.74. The van der Waals surface area contributed by atoms with E-state index in [2.05, 4.69) is 47.9 Å². The van der Waals surface area contributed by atoms with Crippen LogP contribution in [0.25, 0.3) is 16.6 Å². The molecule has 0 atom stereocenters. The van der Waals surface area contributed by atoms with Crippen molar-refractivity contribution in [3.05, 3.63) is 48.3 Å². The van der Waals surface area contributed by atoms with Crippen molar-refractivity contribution in [3.8, 4) is 0 Å². The van der Waals surface area contributed by atoms with E-state index in [9.17, 15) is 0 Å². The van der Waals surface area contributed by atoms with Gasteiger partial charge in [-0.1, -0.05) is 25.5 Å². The molecule has 0 amide bonds. The Bertz CT molecular complexity index is 652. The third-order valence-electron chi connectivity index (χ3n) is 3.21. The van der Waals surface area contributed by atoms with Gasteiger partial charge in [0.1, 0.15) is 0 Å². The third kappa shape index (κ3) is 1.70. The van der Waals surface area contributed by atoms with Gasteiger partial charge >= 0.3 is 0 Å². The molecule has 0 radical (unpaired) electrons. The highest BCUT2D eigenvalue weighted by atomic mass is 14.9. The highest BCUT2D eigenvalue weighted by molar-refractivity contribution is 5.79. The molecule has 86 valence electrons. The minimum absolute atomic E-state index is 1.06. The Morgan fingerprint density at radius 2 is 1.88 bits per heavy atom. The summed E-state index contributed by atoms with van der Waals surface area (Å²) in [5.74, 6) is 0. The van der Waals surface area contributed by atoms with Gasteiger partial charge in [-0.15, -0.1) is 0 Å². The number of benzene rings is 1. The topological polar surface area (TPSA) is 17.3 Å². The number of aryl methyl sites for hydroxylation is 1. The zero-order chi connectivity index (χ0) is 11.7. The predicted molar refractivity (Wildman–Crippen MR) is 71.3 cm³/mol. The Balaban J connectivity index is 2.28. The largest absolute Gasteiger partial charge is 0.313 e. The zero-order valence-corrected chi connectivity index (χ0v) is 10.1. The summed E-state index contributed by atoms with van der Waals surface area (Å²) in [4.78, 5) is 4.79. The summed E-state index contributed by atoms with van der Waals surface area (Å²) in [6.45, 7) is 2.22. The van der Waals surface area contributed by atoms with Gasteiger partial charge < -0.3 is 4.40 Å². The van der Waals surface area contributed by atoms with Gasteiger partial charge in [-0.25, -0.2) is 4.98 Å². The Kier molecular flexibility index (Phi) is 2.56. The number of rotatable bonds is 3. The minimum Gasteiger partial charge on any atom is -0.313 e. The number of hydrogen-bond acceptors (Lipinski definition) is 1. The summed E-state index contributed by atoms with van der Waals surface area (Å²) in [7, 11) is 0. The molecular formula is C15H16N2. The van der Waals surface area contributed by atoms with Crippen LogP contribution < -0.4 is 0 Å². The summed E-state index contributed by atoms with van der Waals surface area (Å²) >= 11 is 0. The second kappa shape index (κ2) is 4.21. The van der Waals surface area contributed by atoms with Crippen LogP contribution in [-0.2, 0) is 6.42 Å². The van der Waals surface area contributed by atoms with Crippen molar-refractivity contribution >= 4 is 16.6 Å². The highest BCUT2D eigenvalue weighted by Gasteiger charge is 2.06. The van der Waals surface area contributed by atoms with Gasteiger partial charge in [0.2, 0.25) is 0 Å². The fourth-order valence-corrected chi connectivity index (χ4v) is 2.32. The summed E-state index contributed by atoms with van der Waals surface area (Å²) in [5, 5.41) is 0. The molecule has 0 aliphatic rings. The molecule has 2 heteroatoms. The molecule has 2 heterocycles. The molecule has 3 rings (SSSR count). The van der Waals surface area contributed by atoms with Crippen molar-refractivity contribution < 1.29 is 0 Å². The Morgan fingerprint density at radius 3 is 2.76 bits per heavy atom. The van der Waals surface area contributed by atoms with Gasteiger partial charge in [0.25, 0.3) is 0 Å². The van der Waals surface area contributed by atoms with Gasteiger partial charge in [0.15, 0.2) is 0 Å². The van der Waals surface area contributed by atoms with Crippen molar-refractivity contribution in [1.82, 2.24) is 9.38 Å². The van der Waals surface area contributed by atoms with Gasteiger partial charge in [-0.2, -0.15) is 0 Å². The van der Waals surface area contributed by atoms with E-state index in [-0.39, 0.29) is 0 Å². The SMILES string of the molecule is CCCCc1nc2ccccc2n2cccc12. The fourth-order valence-electron chi connectivity index (χ4n) is 2.32. The van der Waals surface area contributed by atoms with E-state index >= 15 is 0 Å². The molecule has 0 aliphatic heterocycles. The van der Waals surface area contributed by atoms with E-state index in [1.165, 1.54) is 29.6 Å². The summed E-state index contributed by atoms with van der Waals surface area (Å²) in [6.07, 6.45) is 5.59. The maximum absolute atomic E-state index is 4.79. The standard InChI is InChI=1S/C15H16N2/c1-2-3-7-12-15-10-6-11-17(15)14-9-5-4-8-13(14)16-12/h4-6,8-11H,2-3,7H2,1H3. The van der Waals surface area contributed by atoms with Crippen LogP contribution in [0.1, 0.15) is 25.5 Å². The lowest BCUT2D eigenvalue weighted by atomic mass is 10.1. The zero-order valence-electron chi connectivity index (χ0n) is 10.1. The molecule has 3 aromatic rings. The van der Waals surface area contributed by atoms with E-state index in [0.29, 0.717) is 0 Å². The monoisotopic (exact) mass is 224 g/mol. The maximum Gasteiger partial charge on any atom is 0.0874 e. The van der Waals surface area contributed by atoms with E-state index < -0.39 is 0 Å². The molecule has 1 aromatic carbocycles. The third-order valence-corrected chi connectivity index (χ3v) is 3.21. The lowest BCUT2D eigenvalue weighted by Gasteiger charge is -2.07. The highest BCUT2D eigenvalue weighted by Crippen LogP contribution is 2.19. The van der Waals surface area contributed by atoms with Gasteiger partial charge in [0.05, 0.1) is 22.2 Å². The van der Waals surface area contributed by atoms with Crippen molar-refractivity contribution in [2.24, 2.45) is 0 Å². The molecule has 0 N–H and O–H groups in total. The van der Waals surface area contributed by atoms with Gasteiger partial charge in [0, 0.05) is 6.20 Å². The maximum atomic E-state index is 4.79. The molecule has 0 saturated heterocycles. The minimum atomic E-state index is 1.06. The van der Waals surface area contributed by atoms with Crippen LogP contribution >= 0.6 is 0 Å². The summed E-state index contributed by atoms with van der Waals surface area (Å²) in [6, 6.07) is 12.6. The molecule has 0 saturated carbocycles. The van der Waals surface area contributed by atoms with E-state index in [4.69, 9.17) is 4.98 Å². The molecular weight excluding hydrogens is 208 g/mol. The number of fused-ring (bicyclic) bond motifs is 3. The second-order valence-electron chi connectivity index (χ2n) is 4.41. The van der Waals surface area contributed by atoms with Crippen LogP contribution in [0.2, 0.25) is 0 Å². The first kappa shape index (κ1) is 10.3. The Labute approximate surface area is 101 Å². The van der Waals surface area contributed by atoms with Crippen molar-refractivity contribution in [1.29, 1.82) is 0 Å². The van der Waals surface area contributed by atoms with Crippen LogP contribution in [0.5, 0.6) is 0 Å². The van der Waals surface area contributed by atoms with Crippen LogP contribution in [0.3, 0.4) is 0 Å². The Morgan fingerprint density at radius 1 is 1.06 bits per heavy atom. The normalized spacial score (nSPS) is 11.4. The number of para-hydroxylation sites is 2. The molecule has 0 aliphatic carbocycles. The number of nitrogens with zero attached hydrogens (tertiary/aromatic N) is 2. The van der Waals surface area contributed by atoms with Gasteiger partial charge in [-0.3, -0.25) is 0 Å². The van der Waals surface area contributed by atoms with E-state index in [1.807, 2.05) is 6.07 Å². The first-order chi connectivity index (χ1) is 8.40. The molecule has 0 fully saturated rings. The lowest BCUT2D eigenvalue weighted by Crippen LogP contribution is -1.97. The van der Waals surface area contributed by atoms with Crippen LogP contribution in [-0.4, -0.2) is 9.38 Å². The smallest absolute Gasteiger partial charge is 0.0874 e. The van der Waals surface area contributed by atoms with Crippen LogP contribution in [0.15, 0.2) is 42.6 Å². The lowest BCUT2D eigenvalue weighted by molar-refractivity contribution is 0.781. The number of hydrogen-bond donors (Lipinski definition) is 0. The quantitative estimate of drug-likeness (QED) is 0.661. The second-order valence-corrected chi connectivity index (χ2v) is 4.41. The first-order valence-electron chi connectivity index (χ1n) is 6.25. The predicted octanol–water partition coefficient (Wildman–Crippen LogP) is 3.83. The average Bonchev–Trinajstić information content (AvgIpc) is 2.85. The molecule has 2 aromatic heterocycles. The first-order valence-corrected chi connectivity index (χ1v) is 6.25. The molecule has 0 unspecified atom stereocenters. The van der Waals surface area contributed by atoms with Crippen LogP contribution in [0, 0.1) is 0 Å². The molecule has 0 spiro atoms. The molecule has 2 nitrogen and oxygen atoms in total. The summed E-state index contributed by atoms with van der Waals surface area (Å²) < 4.78 is 2.24. The van der Waals surface area contributed by atoms with Crippen LogP contribution in [0.4, 0.5) is 0 Å². The van der Waals surface area contributed by atoms with E-state index in [0.717, 1.165) is 11.9 Å². The Hall–Kier alpha value is -1.83. The number of aromatic nitrogens is 2. The number of unbranched alkanes of at least 4 members (excludes halogenated alkanes) is 1. The van der Waals surface area contributed by atoms with Crippen molar-refractivity contribution in [2.75, 3.05) is 0 Å². The average molecular weight is 224 g/mol.